The van der Waals surface area contributed by atoms with Crippen molar-refractivity contribution in [1.82, 2.24) is 9.55 Å². The molecule has 3 aromatic rings. The second-order valence-corrected chi connectivity index (χ2v) is 5.29. The third-order valence-electron chi connectivity index (χ3n) is 3.53. The maximum Gasteiger partial charge on any atom is 0.119 e. The molecular formula is C17H17ClN2O. The maximum absolute atomic E-state index is 6.11. The first kappa shape index (κ1) is 14.0. The van der Waals surface area contributed by atoms with Crippen LogP contribution in [0.25, 0.3) is 11.0 Å². The smallest absolute Gasteiger partial charge is 0.119 e. The van der Waals surface area contributed by atoms with Gasteiger partial charge in [0.2, 0.25) is 0 Å². The Hall–Kier alpha value is -2.00. The standard InChI is InChI=1S/C17H17ClN2O/c1-2-13-11-14(7-8-15(13)18)21-10-9-20-12-19-16-5-3-4-6-17(16)20/h3-8,11-12H,2,9-10H2,1H3. The molecule has 2 aromatic carbocycles. The van der Waals surface area contributed by atoms with Crippen molar-refractivity contribution in [3.63, 3.8) is 0 Å². The summed E-state index contributed by atoms with van der Waals surface area (Å²) in [6.45, 7) is 3.46. The molecule has 0 unspecified atom stereocenters. The Bertz CT molecular complexity index is 751. The van der Waals surface area contributed by atoms with Gasteiger partial charge in [0.05, 0.1) is 23.9 Å². The fourth-order valence-corrected chi connectivity index (χ4v) is 2.61. The molecule has 3 rings (SSSR count). The quantitative estimate of drug-likeness (QED) is 0.701. The number of nitrogens with zero attached hydrogens (tertiary/aromatic N) is 2. The summed E-state index contributed by atoms with van der Waals surface area (Å²) in [6.07, 6.45) is 2.76. The van der Waals surface area contributed by atoms with Crippen molar-refractivity contribution in [3.8, 4) is 5.75 Å². The van der Waals surface area contributed by atoms with Crippen LogP contribution in [0.2, 0.25) is 5.02 Å². The maximum atomic E-state index is 6.11. The third kappa shape index (κ3) is 3.03. The van der Waals surface area contributed by atoms with Crippen LogP contribution in [0.5, 0.6) is 5.75 Å². The SMILES string of the molecule is CCc1cc(OCCn2cnc3ccccc32)ccc1Cl. The van der Waals surface area contributed by atoms with Crippen molar-refractivity contribution < 1.29 is 4.74 Å². The monoisotopic (exact) mass is 300 g/mol. The van der Waals surface area contributed by atoms with E-state index in [4.69, 9.17) is 16.3 Å². The second-order valence-electron chi connectivity index (χ2n) is 4.88. The van der Waals surface area contributed by atoms with E-state index in [1.165, 1.54) is 0 Å². The first-order valence-electron chi connectivity index (χ1n) is 7.09. The largest absolute Gasteiger partial charge is 0.492 e. The van der Waals surface area contributed by atoms with Crippen molar-refractivity contribution in [1.29, 1.82) is 0 Å². The Kier molecular flexibility index (Phi) is 4.11. The summed E-state index contributed by atoms with van der Waals surface area (Å²) in [5.41, 5.74) is 3.26. The average Bonchev–Trinajstić information content (AvgIpc) is 2.92. The van der Waals surface area contributed by atoms with E-state index in [1.807, 2.05) is 42.7 Å². The topological polar surface area (TPSA) is 27.1 Å². The number of hydrogen-bond donors (Lipinski definition) is 0. The van der Waals surface area contributed by atoms with E-state index in [9.17, 15) is 0 Å². The van der Waals surface area contributed by atoms with Crippen molar-refractivity contribution in [3.05, 3.63) is 59.4 Å². The first-order chi connectivity index (χ1) is 10.3. The molecule has 1 aromatic heterocycles. The van der Waals surface area contributed by atoms with Crippen molar-refractivity contribution in [2.24, 2.45) is 0 Å². The van der Waals surface area contributed by atoms with Crippen molar-refractivity contribution in [2.45, 2.75) is 19.9 Å². The van der Waals surface area contributed by atoms with Crippen molar-refractivity contribution in [2.75, 3.05) is 6.61 Å². The van der Waals surface area contributed by atoms with Gasteiger partial charge in [0.25, 0.3) is 0 Å². The molecule has 0 N–H and O–H groups in total. The predicted octanol–water partition coefficient (Wildman–Crippen LogP) is 4.33. The highest BCUT2D eigenvalue weighted by Gasteiger charge is 2.03. The minimum atomic E-state index is 0.602. The minimum absolute atomic E-state index is 0.602. The summed E-state index contributed by atoms with van der Waals surface area (Å²) < 4.78 is 7.92. The molecule has 0 bridgehead atoms. The zero-order chi connectivity index (χ0) is 14.7. The Morgan fingerprint density at radius 1 is 1.19 bits per heavy atom. The van der Waals surface area contributed by atoms with Crippen LogP contribution in [-0.4, -0.2) is 16.2 Å². The number of ether oxygens (including phenoxy) is 1. The van der Waals surface area contributed by atoms with E-state index in [1.54, 1.807) is 0 Å². The van der Waals surface area contributed by atoms with Gasteiger partial charge in [-0.2, -0.15) is 0 Å². The number of para-hydroxylation sites is 2. The zero-order valence-corrected chi connectivity index (χ0v) is 12.7. The van der Waals surface area contributed by atoms with Gasteiger partial charge in [0.1, 0.15) is 12.4 Å². The normalized spacial score (nSPS) is 11.0. The van der Waals surface area contributed by atoms with Crippen LogP contribution in [0.3, 0.4) is 0 Å². The van der Waals surface area contributed by atoms with E-state index in [2.05, 4.69) is 22.5 Å². The first-order valence-corrected chi connectivity index (χ1v) is 7.47. The molecular weight excluding hydrogens is 284 g/mol. The van der Waals surface area contributed by atoms with E-state index < -0.39 is 0 Å². The lowest BCUT2D eigenvalue weighted by Crippen LogP contribution is -2.07. The van der Waals surface area contributed by atoms with Crippen molar-refractivity contribution >= 4 is 22.6 Å². The molecule has 0 aliphatic rings. The lowest BCUT2D eigenvalue weighted by molar-refractivity contribution is 0.300. The van der Waals surface area contributed by atoms with E-state index in [0.29, 0.717) is 6.61 Å². The van der Waals surface area contributed by atoms with Gasteiger partial charge < -0.3 is 9.30 Å². The molecule has 0 radical (unpaired) electrons. The summed E-state index contributed by atoms with van der Waals surface area (Å²) in [6, 6.07) is 13.9. The number of aryl methyl sites for hydroxylation is 1. The number of rotatable bonds is 5. The molecule has 0 aliphatic carbocycles. The van der Waals surface area contributed by atoms with Crippen LogP contribution in [0, 0.1) is 0 Å². The van der Waals surface area contributed by atoms with Crippen LogP contribution in [0.15, 0.2) is 48.8 Å². The second kappa shape index (κ2) is 6.19. The molecule has 0 fully saturated rings. The molecule has 108 valence electrons. The number of hydrogen-bond acceptors (Lipinski definition) is 2. The molecule has 21 heavy (non-hydrogen) atoms. The van der Waals surface area contributed by atoms with Crippen LogP contribution in [0.1, 0.15) is 12.5 Å². The predicted molar refractivity (Wildman–Crippen MR) is 86.1 cm³/mol. The molecule has 0 spiro atoms. The molecule has 0 aliphatic heterocycles. The Labute approximate surface area is 129 Å². The molecule has 0 saturated carbocycles. The fourth-order valence-electron chi connectivity index (χ4n) is 2.36. The van der Waals surface area contributed by atoms with Crippen LogP contribution in [-0.2, 0) is 13.0 Å². The molecule has 4 heteroatoms. The Morgan fingerprint density at radius 2 is 2.05 bits per heavy atom. The number of aromatic nitrogens is 2. The zero-order valence-electron chi connectivity index (χ0n) is 11.9. The van der Waals surface area contributed by atoms with Gasteiger partial charge in [0.15, 0.2) is 0 Å². The molecule has 0 amide bonds. The molecule has 0 saturated heterocycles. The highest BCUT2D eigenvalue weighted by molar-refractivity contribution is 6.31. The number of imidazole rings is 1. The highest BCUT2D eigenvalue weighted by Crippen LogP contribution is 2.22. The highest BCUT2D eigenvalue weighted by atomic mass is 35.5. The van der Waals surface area contributed by atoms with E-state index in [0.717, 1.165) is 40.3 Å². The Morgan fingerprint density at radius 3 is 2.90 bits per heavy atom. The lowest BCUT2D eigenvalue weighted by atomic mass is 10.1. The molecule has 3 nitrogen and oxygen atoms in total. The number of halogens is 1. The lowest BCUT2D eigenvalue weighted by Gasteiger charge is -2.09. The van der Waals surface area contributed by atoms with E-state index >= 15 is 0 Å². The van der Waals surface area contributed by atoms with E-state index in [-0.39, 0.29) is 0 Å². The van der Waals surface area contributed by atoms with Gasteiger partial charge in [0, 0.05) is 5.02 Å². The fraction of sp³-hybridized carbons (Fsp3) is 0.235. The summed E-state index contributed by atoms with van der Waals surface area (Å²) in [4.78, 5) is 4.37. The summed E-state index contributed by atoms with van der Waals surface area (Å²) in [5, 5.41) is 0.797. The summed E-state index contributed by atoms with van der Waals surface area (Å²) in [5.74, 6) is 0.862. The Balaban J connectivity index is 1.66. The molecule has 0 atom stereocenters. The van der Waals surface area contributed by atoms with Gasteiger partial charge in [-0.3, -0.25) is 0 Å². The summed E-state index contributed by atoms with van der Waals surface area (Å²) >= 11 is 6.11. The van der Waals surface area contributed by atoms with Gasteiger partial charge in [-0.25, -0.2) is 4.98 Å². The summed E-state index contributed by atoms with van der Waals surface area (Å²) in [7, 11) is 0. The number of fused-ring (bicyclic) bond motifs is 1. The minimum Gasteiger partial charge on any atom is -0.492 e. The van der Waals surface area contributed by atoms with Gasteiger partial charge in [-0.05, 0) is 42.3 Å². The van der Waals surface area contributed by atoms with Gasteiger partial charge >= 0.3 is 0 Å². The van der Waals surface area contributed by atoms with Crippen LogP contribution < -0.4 is 4.74 Å². The van der Waals surface area contributed by atoms with Gasteiger partial charge in [-0.15, -0.1) is 0 Å². The third-order valence-corrected chi connectivity index (χ3v) is 3.90. The number of benzene rings is 2. The molecule has 1 heterocycles. The van der Waals surface area contributed by atoms with Gasteiger partial charge in [-0.1, -0.05) is 30.7 Å². The van der Waals surface area contributed by atoms with Crippen LogP contribution in [0.4, 0.5) is 0 Å². The average molecular weight is 301 g/mol. The van der Waals surface area contributed by atoms with Crippen LogP contribution >= 0.6 is 11.6 Å².